The van der Waals surface area contributed by atoms with Crippen molar-refractivity contribution in [3.63, 3.8) is 0 Å². The molecule has 0 fully saturated rings. The van der Waals surface area contributed by atoms with Gasteiger partial charge in [-0.3, -0.25) is 0 Å². The first-order valence-corrected chi connectivity index (χ1v) is 5.15. The lowest BCUT2D eigenvalue weighted by Crippen LogP contribution is -2.31. The third kappa shape index (κ3) is 1.24. The summed E-state index contributed by atoms with van der Waals surface area (Å²) in [6, 6.07) is 8.61. The average molecular weight is 226 g/mol. The summed E-state index contributed by atoms with van der Waals surface area (Å²) < 4.78 is 0. The van der Waals surface area contributed by atoms with E-state index in [-0.39, 0.29) is 0 Å². The third-order valence-corrected chi connectivity index (χ3v) is 3.52. The van der Waals surface area contributed by atoms with Crippen LogP contribution in [-0.4, -0.2) is 12.0 Å². The average Bonchev–Trinajstić information content (AvgIpc) is 2.12. The number of hydrogen-bond acceptors (Lipinski definition) is 1. The molecule has 0 saturated carbocycles. The fraction of sp³-hybridized carbons (Fsp3) is 0.400. The minimum absolute atomic E-state index is 0.507. The van der Waals surface area contributed by atoms with Crippen LogP contribution < -0.4 is 4.90 Å². The van der Waals surface area contributed by atoms with Crippen LogP contribution in [0, 0.1) is 0 Å². The summed E-state index contributed by atoms with van der Waals surface area (Å²) in [4.78, 5) is 2.80. The Bertz CT molecular complexity index is 285. The monoisotopic (exact) mass is 225 g/mol. The molecule has 1 aromatic carbocycles. The van der Waals surface area contributed by atoms with Crippen molar-refractivity contribution in [3.8, 4) is 0 Å². The van der Waals surface area contributed by atoms with Crippen LogP contribution in [0.4, 0.5) is 5.69 Å². The van der Waals surface area contributed by atoms with E-state index in [0.717, 1.165) is 0 Å². The highest BCUT2D eigenvalue weighted by atomic mass is 79.9. The van der Waals surface area contributed by atoms with E-state index < -0.39 is 0 Å². The molecule has 0 N–H and O–H groups in total. The van der Waals surface area contributed by atoms with Crippen LogP contribution in [0.5, 0.6) is 0 Å². The molecule has 2 heteroatoms. The maximum Gasteiger partial charge on any atom is 0.0845 e. The molecular weight excluding hydrogens is 214 g/mol. The van der Waals surface area contributed by atoms with Crippen LogP contribution >= 0.6 is 15.9 Å². The minimum atomic E-state index is 0.507. The maximum atomic E-state index is 3.65. The molecule has 12 heavy (non-hydrogen) atoms. The molecule has 1 aliphatic rings. The maximum absolute atomic E-state index is 3.65. The second kappa shape index (κ2) is 3.09. The van der Waals surface area contributed by atoms with Crippen LogP contribution in [0.2, 0.25) is 0 Å². The van der Waals surface area contributed by atoms with Gasteiger partial charge in [-0.25, -0.2) is 0 Å². The van der Waals surface area contributed by atoms with Crippen LogP contribution in [0.3, 0.4) is 0 Å². The Morgan fingerprint density at radius 1 is 1.42 bits per heavy atom. The molecule has 0 aromatic heterocycles. The van der Waals surface area contributed by atoms with Crippen molar-refractivity contribution < 1.29 is 0 Å². The Hall–Kier alpha value is -0.500. The number of halogens is 1. The highest BCUT2D eigenvalue weighted by molar-refractivity contribution is 9.09. The molecular formula is C10H12BrN. The third-order valence-electron chi connectivity index (χ3n) is 2.44. The van der Waals surface area contributed by atoms with E-state index in [0.29, 0.717) is 4.95 Å². The molecule has 2 rings (SSSR count). The summed E-state index contributed by atoms with van der Waals surface area (Å²) in [7, 11) is 2.14. The highest BCUT2D eigenvalue weighted by Crippen LogP contribution is 2.31. The molecule has 1 unspecified atom stereocenters. The number of rotatable bonds is 0. The van der Waals surface area contributed by atoms with E-state index in [1.54, 1.807) is 0 Å². The number of aryl methyl sites for hydroxylation is 1. The molecule has 0 radical (unpaired) electrons. The Balaban J connectivity index is 2.42. The summed E-state index contributed by atoms with van der Waals surface area (Å²) in [5, 5.41) is 0. The fourth-order valence-corrected chi connectivity index (χ4v) is 2.14. The van der Waals surface area contributed by atoms with Crippen LogP contribution in [0.1, 0.15) is 12.0 Å². The molecule has 0 spiro atoms. The van der Waals surface area contributed by atoms with Gasteiger partial charge in [-0.1, -0.05) is 34.1 Å². The van der Waals surface area contributed by atoms with Gasteiger partial charge in [0.2, 0.25) is 0 Å². The number of anilines is 1. The van der Waals surface area contributed by atoms with Gasteiger partial charge in [0.05, 0.1) is 4.95 Å². The fourth-order valence-electron chi connectivity index (χ4n) is 1.69. The van der Waals surface area contributed by atoms with Gasteiger partial charge in [0.1, 0.15) is 0 Å². The van der Waals surface area contributed by atoms with E-state index in [9.17, 15) is 0 Å². The first-order valence-electron chi connectivity index (χ1n) is 4.24. The van der Waals surface area contributed by atoms with Crippen molar-refractivity contribution in [1.29, 1.82) is 0 Å². The van der Waals surface area contributed by atoms with Gasteiger partial charge in [0.25, 0.3) is 0 Å². The molecule has 0 amide bonds. The first-order chi connectivity index (χ1) is 5.79. The lowest BCUT2D eigenvalue weighted by Gasteiger charge is -2.32. The Morgan fingerprint density at radius 3 is 3.00 bits per heavy atom. The quantitative estimate of drug-likeness (QED) is 0.485. The molecule has 1 aromatic rings. The highest BCUT2D eigenvalue weighted by Gasteiger charge is 2.19. The smallest absolute Gasteiger partial charge is 0.0845 e. The number of benzene rings is 1. The van der Waals surface area contributed by atoms with Crippen LogP contribution in [0.15, 0.2) is 24.3 Å². The van der Waals surface area contributed by atoms with Crippen molar-refractivity contribution in [2.45, 2.75) is 17.8 Å². The van der Waals surface area contributed by atoms with E-state index in [2.05, 4.69) is 52.1 Å². The SMILES string of the molecule is CN1c2ccccc2CCC1Br. The number of hydrogen-bond donors (Lipinski definition) is 0. The van der Waals surface area contributed by atoms with Crippen LogP contribution in [0.25, 0.3) is 0 Å². The molecule has 0 saturated heterocycles. The minimum Gasteiger partial charge on any atom is -0.362 e. The largest absolute Gasteiger partial charge is 0.362 e. The summed E-state index contributed by atoms with van der Waals surface area (Å²) in [6.07, 6.45) is 2.39. The van der Waals surface area contributed by atoms with Crippen molar-refractivity contribution in [1.82, 2.24) is 0 Å². The zero-order valence-corrected chi connectivity index (χ0v) is 8.71. The molecule has 1 aliphatic heterocycles. The Morgan fingerprint density at radius 2 is 2.17 bits per heavy atom. The van der Waals surface area contributed by atoms with Crippen molar-refractivity contribution in [2.75, 3.05) is 11.9 Å². The number of nitrogens with zero attached hydrogens (tertiary/aromatic N) is 1. The summed E-state index contributed by atoms with van der Waals surface area (Å²) in [5.41, 5.74) is 2.83. The van der Waals surface area contributed by atoms with E-state index >= 15 is 0 Å². The van der Waals surface area contributed by atoms with Gasteiger partial charge in [0.15, 0.2) is 0 Å². The predicted molar refractivity (Wildman–Crippen MR) is 55.9 cm³/mol. The second-order valence-electron chi connectivity index (χ2n) is 3.21. The van der Waals surface area contributed by atoms with Crippen LogP contribution in [-0.2, 0) is 6.42 Å². The molecule has 64 valence electrons. The van der Waals surface area contributed by atoms with Gasteiger partial charge in [-0.05, 0) is 24.5 Å². The van der Waals surface area contributed by atoms with Crippen molar-refractivity contribution in [2.24, 2.45) is 0 Å². The summed E-state index contributed by atoms with van der Waals surface area (Å²) in [5.74, 6) is 0. The Labute approximate surface area is 81.5 Å². The van der Waals surface area contributed by atoms with E-state index in [1.165, 1.54) is 24.1 Å². The van der Waals surface area contributed by atoms with Gasteiger partial charge >= 0.3 is 0 Å². The Kier molecular flexibility index (Phi) is 2.09. The van der Waals surface area contributed by atoms with E-state index in [1.807, 2.05) is 0 Å². The second-order valence-corrected chi connectivity index (χ2v) is 4.27. The predicted octanol–water partition coefficient (Wildman–Crippen LogP) is 2.79. The summed E-state index contributed by atoms with van der Waals surface area (Å²) >= 11 is 3.65. The van der Waals surface area contributed by atoms with E-state index in [4.69, 9.17) is 0 Å². The van der Waals surface area contributed by atoms with Gasteiger partial charge < -0.3 is 4.90 Å². The molecule has 0 bridgehead atoms. The standard InChI is InChI=1S/C10H12BrN/c1-12-9-5-3-2-4-8(9)6-7-10(12)11/h2-5,10H,6-7H2,1H3. The van der Waals surface area contributed by atoms with Gasteiger partial charge in [-0.2, -0.15) is 0 Å². The molecule has 1 nitrogen and oxygen atoms in total. The first kappa shape index (κ1) is 8.11. The number of fused-ring (bicyclic) bond motifs is 1. The van der Waals surface area contributed by atoms with Crippen molar-refractivity contribution in [3.05, 3.63) is 29.8 Å². The zero-order chi connectivity index (χ0) is 8.55. The number of alkyl halides is 1. The number of para-hydroxylation sites is 1. The molecule has 1 atom stereocenters. The zero-order valence-electron chi connectivity index (χ0n) is 7.13. The van der Waals surface area contributed by atoms with Gasteiger partial charge in [-0.15, -0.1) is 0 Å². The van der Waals surface area contributed by atoms with Gasteiger partial charge in [0, 0.05) is 12.7 Å². The topological polar surface area (TPSA) is 3.24 Å². The normalized spacial score (nSPS) is 22.2. The molecule has 1 heterocycles. The lowest BCUT2D eigenvalue weighted by atomic mass is 10.0. The lowest BCUT2D eigenvalue weighted by molar-refractivity contribution is 0.712. The summed E-state index contributed by atoms with van der Waals surface area (Å²) in [6.45, 7) is 0. The molecule has 0 aliphatic carbocycles. The van der Waals surface area contributed by atoms with Crippen molar-refractivity contribution >= 4 is 21.6 Å².